The summed E-state index contributed by atoms with van der Waals surface area (Å²) in [5.74, 6) is 0.136. The van der Waals surface area contributed by atoms with E-state index in [9.17, 15) is 30.3 Å². The number of ketones is 1. The molecule has 1 aliphatic carbocycles. The van der Waals surface area contributed by atoms with Crippen LogP contribution in [0.4, 0.5) is 0 Å². The third-order valence-electron chi connectivity index (χ3n) is 6.65. The number of ether oxygens (including phenoxy) is 3. The van der Waals surface area contributed by atoms with Crippen LogP contribution in [0, 0.1) is 0 Å². The fourth-order valence-corrected chi connectivity index (χ4v) is 4.91. The number of phenols is 1. The Hall–Kier alpha value is -2.43. The summed E-state index contributed by atoms with van der Waals surface area (Å²) in [6, 6.07) is 5.06. The van der Waals surface area contributed by atoms with E-state index < -0.39 is 37.3 Å². The lowest BCUT2D eigenvalue weighted by Crippen LogP contribution is -2.60. The largest absolute Gasteiger partial charge is 0.506 e. The number of methoxy groups -OCH3 is 1. The van der Waals surface area contributed by atoms with Crippen molar-refractivity contribution >= 4 is 16.6 Å². The lowest BCUT2D eigenvalue weighted by atomic mass is 9.87. The molecule has 0 unspecified atom stereocenters. The molecule has 2 aromatic carbocycles. The second kappa shape index (κ2) is 9.44. The molecule has 33 heavy (non-hydrogen) atoms. The third-order valence-corrected chi connectivity index (χ3v) is 6.65. The topological polar surface area (TPSA) is 146 Å². The smallest absolute Gasteiger partial charge is 0.229 e. The summed E-state index contributed by atoms with van der Waals surface area (Å²) in [6.45, 7) is 0.801. The average molecular weight is 462 g/mol. The summed E-state index contributed by atoms with van der Waals surface area (Å²) in [4.78, 5) is 12.5. The van der Waals surface area contributed by atoms with Gasteiger partial charge in [0.25, 0.3) is 0 Å². The molecule has 9 heteroatoms. The van der Waals surface area contributed by atoms with Crippen molar-refractivity contribution in [3.05, 3.63) is 29.3 Å². The molecular weight excluding hydrogens is 432 g/mol. The van der Waals surface area contributed by atoms with E-state index in [1.807, 2.05) is 6.07 Å². The standard InChI is InChI=1S/C24H30O9/c1-11(26)18-15(12-5-3-4-6-12)8-13-7-14(31-2)9-16(19(13)21(18)28)32-24-23(30)22(29)20(27)17(10-25)33-24/h7-9,12,17,20,22-25,27-30H,3-6,10H2,1-2H3/t17-,20-,22+,23-,24-/m1/s1. The van der Waals surface area contributed by atoms with Crippen molar-refractivity contribution in [2.45, 2.75) is 69.2 Å². The van der Waals surface area contributed by atoms with E-state index in [4.69, 9.17) is 14.2 Å². The molecule has 9 nitrogen and oxygen atoms in total. The molecule has 180 valence electrons. The molecule has 2 aromatic rings. The molecule has 2 fully saturated rings. The predicted octanol–water partition coefficient (Wildman–Crippen LogP) is 1.59. The lowest BCUT2D eigenvalue weighted by molar-refractivity contribution is -0.277. The van der Waals surface area contributed by atoms with Crippen molar-refractivity contribution in [2.24, 2.45) is 0 Å². The maximum absolute atomic E-state index is 12.5. The highest BCUT2D eigenvalue weighted by atomic mass is 16.7. The van der Waals surface area contributed by atoms with E-state index in [0.717, 1.165) is 31.2 Å². The van der Waals surface area contributed by atoms with E-state index in [1.165, 1.54) is 20.1 Å². The molecule has 0 amide bonds. The summed E-state index contributed by atoms with van der Waals surface area (Å²) in [5.41, 5.74) is 1.02. The Bertz CT molecular complexity index is 1030. The highest BCUT2D eigenvalue weighted by Gasteiger charge is 2.45. The van der Waals surface area contributed by atoms with Gasteiger partial charge in [0.05, 0.1) is 24.7 Å². The monoisotopic (exact) mass is 462 g/mol. The second-order valence-electron chi connectivity index (χ2n) is 8.77. The van der Waals surface area contributed by atoms with Crippen LogP contribution in [0.3, 0.4) is 0 Å². The van der Waals surface area contributed by atoms with Gasteiger partial charge in [0.2, 0.25) is 6.29 Å². The number of fused-ring (bicyclic) bond motifs is 1. The molecule has 1 heterocycles. The molecule has 0 spiro atoms. The number of rotatable bonds is 6. The minimum Gasteiger partial charge on any atom is -0.506 e. The molecule has 5 N–H and O–H groups in total. The maximum Gasteiger partial charge on any atom is 0.229 e. The van der Waals surface area contributed by atoms with Crippen LogP contribution < -0.4 is 9.47 Å². The Morgan fingerprint density at radius 2 is 1.79 bits per heavy atom. The Morgan fingerprint density at radius 3 is 2.39 bits per heavy atom. The third kappa shape index (κ3) is 4.27. The van der Waals surface area contributed by atoms with Gasteiger partial charge in [-0.05, 0) is 48.8 Å². The first-order valence-corrected chi connectivity index (χ1v) is 11.1. The van der Waals surface area contributed by atoms with E-state index in [1.54, 1.807) is 6.07 Å². The van der Waals surface area contributed by atoms with Crippen LogP contribution in [-0.2, 0) is 4.74 Å². The maximum atomic E-state index is 12.5. The van der Waals surface area contributed by atoms with Crippen LogP contribution >= 0.6 is 0 Å². The zero-order valence-electron chi connectivity index (χ0n) is 18.6. The van der Waals surface area contributed by atoms with Crippen LogP contribution in [0.15, 0.2) is 18.2 Å². The van der Waals surface area contributed by atoms with Gasteiger partial charge in [-0.1, -0.05) is 12.8 Å². The number of aliphatic hydroxyl groups is 4. The molecule has 1 saturated carbocycles. The first-order chi connectivity index (χ1) is 15.8. The van der Waals surface area contributed by atoms with E-state index >= 15 is 0 Å². The van der Waals surface area contributed by atoms with Crippen molar-refractivity contribution < 1.29 is 44.5 Å². The van der Waals surface area contributed by atoms with Gasteiger partial charge in [0, 0.05) is 6.07 Å². The highest BCUT2D eigenvalue weighted by molar-refractivity contribution is 6.07. The van der Waals surface area contributed by atoms with Gasteiger partial charge < -0.3 is 39.7 Å². The summed E-state index contributed by atoms with van der Waals surface area (Å²) in [5, 5.41) is 52.0. The molecule has 2 aliphatic rings. The van der Waals surface area contributed by atoms with E-state index in [-0.39, 0.29) is 34.1 Å². The van der Waals surface area contributed by atoms with Gasteiger partial charge in [0.1, 0.15) is 41.7 Å². The van der Waals surface area contributed by atoms with Gasteiger partial charge in [-0.2, -0.15) is 0 Å². The Kier molecular flexibility index (Phi) is 6.78. The first kappa shape index (κ1) is 23.7. The van der Waals surface area contributed by atoms with Crippen LogP contribution in [0.25, 0.3) is 10.8 Å². The number of aromatic hydroxyl groups is 1. The minimum atomic E-state index is -1.63. The first-order valence-electron chi connectivity index (χ1n) is 11.1. The fourth-order valence-electron chi connectivity index (χ4n) is 4.91. The molecule has 4 rings (SSSR count). The quantitative estimate of drug-likeness (QED) is 0.404. The van der Waals surface area contributed by atoms with Gasteiger partial charge in [-0.3, -0.25) is 4.79 Å². The normalized spacial score (nSPS) is 28.2. The van der Waals surface area contributed by atoms with Gasteiger partial charge in [-0.25, -0.2) is 0 Å². The summed E-state index contributed by atoms with van der Waals surface area (Å²) in [7, 11) is 1.47. The van der Waals surface area contributed by atoms with E-state index in [0.29, 0.717) is 11.1 Å². The zero-order valence-corrected chi connectivity index (χ0v) is 18.6. The van der Waals surface area contributed by atoms with E-state index in [2.05, 4.69) is 0 Å². The average Bonchev–Trinajstić information content (AvgIpc) is 3.33. The summed E-state index contributed by atoms with van der Waals surface area (Å²) in [6.07, 6.45) is -3.39. The van der Waals surface area contributed by atoms with Crippen molar-refractivity contribution in [2.75, 3.05) is 13.7 Å². The highest BCUT2D eigenvalue weighted by Crippen LogP contribution is 2.46. The SMILES string of the molecule is COc1cc(O[C@@H]2O[C@H](CO)[C@@H](O)[C@H](O)[C@H]2O)c2c(O)c(C(C)=O)c(C3CCCC3)cc2c1. The van der Waals surface area contributed by atoms with Crippen LogP contribution in [-0.4, -0.2) is 75.7 Å². The van der Waals surface area contributed by atoms with Gasteiger partial charge >= 0.3 is 0 Å². The number of Topliss-reactive ketones (excluding diaryl/α,β-unsaturated/α-hetero) is 1. The molecule has 1 saturated heterocycles. The minimum absolute atomic E-state index is 0.0617. The van der Waals surface area contributed by atoms with Crippen molar-refractivity contribution in [3.8, 4) is 17.2 Å². The summed E-state index contributed by atoms with van der Waals surface area (Å²) >= 11 is 0. The Balaban J connectivity index is 1.84. The molecule has 1 aliphatic heterocycles. The van der Waals surface area contributed by atoms with Crippen molar-refractivity contribution in [1.29, 1.82) is 0 Å². The predicted molar refractivity (Wildman–Crippen MR) is 118 cm³/mol. The molecular formula is C24H30O9. The number of hydrogen-bond donors (Lipinski definition) is 5. The van der Waals surface area contributed by atoms with Crippen LogP contribution in [0.5, 0.6) is 17.2 Å². The van der Waals surface area contributed by atoms with Crippen molar-refractivity contribution in [3.63, 3.8) is 0 Å². The molecule has 0 aromatic heterocycles. The second-order valence-corrected chi connectivity index (χ2v) is 8.77. The lowest BCUT2D eigenvalue weighted by Gasteiger charge is -2.39. The van der Waals surface area contributed by atoms with Crippen molar-refractivity contribution in [1.82, 2.24) is 0 Å². The number of carbonyl (C=O) groups is 1. The number of hydrogen-bond acceptors (Lipinski definition) is 9. The van der Waals surface area contributed by atoms with Gasteiger partial charge in [0.15, 0.2) is 5.78 Å². The molecule has 0 bridgehead atoms. The number of carbonyl (C=O) groups excluding carboxylic acids is 1. The molecule has 5 atom stereocenters. The number of phenolic OH excluding ortho intramolecular Hbond substituents is 1. The van der Waals surface area contributed by atoms with Crippen LogP contribution in [0.2, 0.25) is 0 Å². The number of aliphatic hydroxyl groups excluding tert-OH is 4. The fraction of sp³-hybridized carbons (Fsp3) is 0.542. The van der Waals surface area contributed by atoms with Crippen LogP contribution in [0.1, 0.15) is 54.4 Å². The number of benzene rings is 2. The Labute approximate surface area is 191 Å². The van der Waals surface area contributed by atoms with Gasteiger partial charge in [-0.15, -0.1) is 0 Å². The Morgan fingerprint density at radius 1 is 1.09 bits per heavy atom. The molecule has 0 radical (unpaired) electrons. The zero-order chi connectivity index (χ0) is 23.9. The summed E-state index contributed by atoms with van der Waals surface area (Å²) < 4.78 is 16.7.